The summed E-state index contributed by atoms with van der Waals surface area (Å²) in [4.78, 5) is 0. The molecule has 0 saturated carbocycles. The molecule has 0 aromatic carbocycles. The van der Waals surface area contributed by atoms with Crippen molar-refractivity contribution in [2.75, 3.05) is 13.6 Å². The van der Waals surface area contributed by atoms with Gasteiger partial charge in [0.1, 0.15) is 0 Å². The number of aliphatic hydroxyl groups is 1. The van der Waals surface area contributed by atoms with Gasteiger partial charge in [0.2, 0.25) is 0 Å². The second kappa shape index (κ2) is 4.19. The molecule has 0 aliphatic carbocycles. The van der Waals surface area contributed by atoms with E-state index in [1.54, 1.807) is 0 Å². The predicted molar refractivity (Wildman–Crippen MR) is 60.1 cm³/mol. The number of hydrogen-bond donors (Lipinski definition) is 1. The van der Waals surface area contributed by atoms with Crippen LogP contribution in [-0.4, -0.2) is 41.4 Å². The molecule has 1 N–H and O–H groups in total. The molecule has 1 aliphatic rings. The van der Waals surface area contributed by atoms with Gasteiger partial charge < -0.3 is 9.59 Å². The van der Waals surface area contributed by atoms with Gasteiger partial charge in [-0.25, -0.2) is 0 Å². The molecule has 0 aromatic heterocycles. The Morgan fingerprint density at radius 1 is 1.21 bits per heavy atom. The van der Waals surface area contributed by atoms with Gasteiger partial charge in [0.15, 0.2) is 0 Å². The summed E-state index contributed by atoms with van der Waals surface area (Å²) in [6.45, 7) is 10.3. The second-order valence-corrected chi connectivity index (χ2v) is 5.65. The smallest absolute Gasteiger partial charge is 0.0938 e. The lowest BCUT2D eigenvalue weighted by molar-refractivity contribution is -0.961. The minimum atomic E-state index is -0.0626. The van der Waals surface area contributed by atoms with E-state index in [0.717, 1.165) is 23.9 Å². The molecule has 1 aliphatic heterocycles. The fourth-order valence-corrected chi connectivity index (χ4v) is 2.82. The number of piperidine rings is 1. The molecule has 0 radical (unpaired) electrons. The quantitative estimate of drug-likeness (QED) is 0.676. The van der Waals surface area contributed by atoms with E-state index >= 15 is 0 Å². The summed E-state index contributed by atoms with van der Waals surface area (Å²) in [6, 6.07) is 1.29. The third kappa shape index (κ3) is 2.12. The summed E-state index contributed by atoms with van der Waals surface area (Å²) in [7, 11) is 2.35. The minimum Gasteiger partial charge on any atom is -0.393 e. The molecule has 14 heavy (non-hydrogen) atoms. The third-order valence-corrected chi connectivity index (χ3v) is 4.16. The molecule has 2 nitrogen and oxygen atoms in total. The van der Waals surface area contributed by atoms with Crippen LogP contribution >= 0.6 is 0 Å². The van der Waals surface area contributed by atoms with E-state index in [-0.39, 0.29) is 6.10 Å². The predicted octanol–water partition coefficient (Wildman–Crippen LogP) is 2.02. The molecule has 0 spiro atoms. The zero-order chi connectivity index (χ0) is 10.9. The highest BCUT2D eigenvalue weighted by Gasteiger charge is 2.42. The molecule has 0 bridgehead atoms. The van der Waals surface area contributed by atoms with E-state index < -0.39 is 0 Å². The molecule has 1 rings (SSSR count). The summed E-state index contributed by atoms with van der Waals surface area (Å²) in [6.07, 6.45) is 1.89. The van der Waals surface area contributed by atoms with Crippen LogP contribution in [0.15, 0.2) is 0 Å². The van der Waals surface area contributed by atoms with Crippen LogP contribution in [0.2, 0.25) is 0 Å². The van der Waals surface area contributed by atoms with E-state index in [1.807, 2.05) is 0 Å². The summed E-state index contributed by atoms with van der Waals surface area (Å²) < 4.78 is 1.13. The maximum absolute atomic E-state index is 9.73. The lowest BCUT2D eigenvalue weighted by atomic mass is 9.87. The zero-order valence-corrected chi connectivity index (χ0v) is 10.3. The van der Waals surface area contributed by atoms with E-state index in [2.05, 4.69) is 34.7 Å². The lowest BCUT2D eigenvalue weighted by Crippen LogP contribution is -2.63. The van der Waals surface area contributed by atoms with Gasteiger partial charge in [0, 0.05) is 18.8 Å². The maximum atomic E-state index is 9.73. The third-order valence-electron chi connectivity index (χ3n) is 4.16. The van der Waals surface area contributed by atoms with Crippen LogP contribution in [0.1, 0.15) is 40.5 Å². The van der Waals surface area contributed by atoms with Crippen LogP contribution in [0.4, 0.5) is 0 Å². The molecule has 1 saturated heterocycles. The first kappa shape index (κ1) is 12.0. The lowest BCUT2D eigenvalue weighted by Gasteiger charge is -2.50. The number of rotatable bonds is 2. The van der Waals surface area contributed by atoms with Crippen molar-refractivity contribution in [3.8, 4) is 0 Å². The Labute approximate surface area is 88.5 Å². The van der Waals surface area contributed by atoms with Gasteiger partial charge in [-0.1, -0.05) is 13.8 Å². The second-order valence-electron chi connectivity index (χ2n) is 5.65. The Kier molecular flexibility index (Phi) is 3.59. The Hall–Kier alpha value is -0.0800. The van der Waals surface area contributed by atoms with Gasteiger partial charge >= 0.3 is 0 Å². The molecular weight excluding hydrogens is 174 g/mol. The van der Waals surface area contributed by atoms with Crippen molar-refractivity contribution in [2.24, 2.45) is 5.92 Å². The van der Waals surface area contributed by atoms with Crippen LogP contribution < -0.4 is 0 Å². The van der Waals surface area contributed by atoms with Gasteiger partial charge in [-0.2, -0.15) is 0 Å². The highest BCUT2D eigenvalue weighted by atomic mass is 16.3. The molecule has 2 heteroatoms. The molecule has 3 atom stereocenters. The maximum Gasteiger partial charge on any atom is 0.0938 e. The normalized spacial score (nSPS) is 39.4. The average molecular weight is 200 g/mol. The highest BCUT2D eigenvalue weighted by molar-refractivity contribution is 4.75. The van der Waals surface area contributed by atoms with Crippen LogP contribution in [-0.2, 0) is 0 Å². The number of aliphatic hydroxyl groups excluding tert-OH is 1. The standard InChI is InChI=1S/C12H26NO/c1-9(2)12-8-11(14)6-7-13(12,5)10(3)4/h9-12,14H,6-8H2,1-5H3/q+1/t11-,12-,13?/m1/s1. The van der Waals surface area contributed by atoms with Crippen molar-refractivity contribution in [1.29, 1.82) is 0 Å². The molecular formula is C12H26NO+. The molecule has 84 valence electrons. The number of likely N-dealkylation sites (tertiary alicyclic amines) is 1. The van der Waals surface area contributed by atoms with Crippen molar-refractivity contribution >= 4 is 0 Å². The van der Waals surface area contributed by atoms with Crippen molar-refractivity contribution in [1.82, 2.24) is 0 Å². The van der Waals surface area contributed by atoms with Crippen molar-refractivity contribution < 1.29 is 9.59 Å². The van der Waals surface area contributed by atoms with Gasteiger partial charge in [-0.05, 0) is 13.8 Å². The molecule has 1 fully saturated rings. The monoisotopic (exact) mass is 200 g/mol. The average Bonchev–Trinajstić information content (AvgIpc) is 2.08. The SMILES string of the molecule is CC(C)[C@H]1C[C@H](O)CC[N+]1(C)C(C)C. The van der Waals surface area contributed by atoms with Crippen molar-refractivity contribution in [3.05, 3.63) is 0 Å². The van der Waals surface area contributed by atoms with Gasteiger partial charge in [0.05, 0.1) is 31.8 Å². The summed E-state index contributed by atoms with van der Waals surface area (Å²) in [5.41, 5.74) is 0. The van der Waals surface area contributed by atoms with E-state index in [0.29, 0.717) is 18.0 Å². The van der Waals surface area contributed by atoms with Gasteiger partial charge in [0.25, 0.3) is 0 Å². The van der Waals surface area contributed by atoms with Crippen LogP contribution in [0.5, 0.6) is 0 Å². The zero-order valence-electron chi connectivity index (χ0n) is 10.3. The number of hydrogen-bond acceptors (Lipinski definition) is 1. The Morgan fingerprint density at radius 3 is 2.21 bits per heavy atom. The van der Waals surface area contributed by atoms with E-state index in [9.17, 15) is 5.11 Å². The Morgan fingerprint density at radius 2 is 1.79 bits per heavy atom. The van der Waals surface area contributed by atoms with Crippen LogP contribution in [0.25, 0.3) is 0 Å². The molecule has 0 aromatic rings. The topological polar surface area (TPSA) is 20.2 Å². The fourth-order valence-electron chi connectivity index (χ4n) is 2.82. The van der Waals surface area contributed by atoms with Gasteiger partial charge in [-0.3, -0.25) is 0 Å². The highest BCUT2D eigenvalue weighted by Crippen LogP contribution is 2.31. The van der Waals surface area contributed by atoms with Crippen LogP contribution in [0, 0.1) is 5.92 Å². The van der Waals surface area contributed by atoms with Crippen LogP contribution in [0.3, 0.4) is 0 Å². The largest absolute Gasteiger partial charge is 0.393 e. The Balaban J connectivity index is 2.82. The first-order valence-corrected chi connectivity index (χ1v) is 5.91. The summed E-state index contributed by atoms with van der Waals surface area (Å²) >= 11 is 0. The molecule has 0 amide bonds. The van der Waals surface area contributed by atoms with E-state index in [1.165, 1.54) is 0 Å². The molecule has 1 heterocycles. The Bertz CT molecular complexity index is 191. The number of quaternary nitrogens is 1. The summed E-state index contributed by atoms with van der Waals surface area (Å²) in [5, 5.41) is 9.73. The number of nitrogens with zero attached hydrogens (tertiary/aromatic N) is 1. The molecule has 1 unspecified atom stereocenters. The fraction of sp³-hybridized carbons (Fsp3) is 1.00. The van der Waals surface area contributed by atoms with Crippen molar-refractivity contribution in [3.63, 3.8) is 0 Å². The van der Waals surface area contributed by atoms with Crippen molar-refractivity contribution in [2.45, 2.75) is 58.7 Å². The van der Waals surface area contributed by atoms with E-state index in [4.69, 9.17) is 0 Å². The first-order valence-electron chi connectivity index (χ1n) is 5.91. The van der Waals surface area contributed by atoms with Gasteiger partial charge in [-0.15, -0.1) is 0 Å². The minimum absolute atomic E-state index is 0.0626. The first-order chi connectivity index (χ1) is 6.38. The summed E-state index contributed by atoms with van der Waals surface area (Å²) in [5.74, 6) is 0.664.